The number of halogens is 1. The molecule has 0 saturated heterocycles. The van der Waals surface area contributed by atoms with Crippen LogP contribution in [0.1, 0.15) is 17.4 Å². The smallest absolute Gasteiger partial charge is 0.235 e. The van der Waals surface area contributed by atoms with E-state index in [1.807, 2.05) is 36.4 Å². The van der Waals surface area contributed by atoms with Gasteiger partial charge in [0.2, 0.25) is 5.91 Å². The van der Waals surface area contributed by atoms with E-state index in [1.54, 1.807) is 13.0 Å². The van der Waals surface area contributed by atoms with Gasteiger partial charge in [0.15, 0.2) is 0 Å². The largest absolute Gasteiger partial charge is 0.351 e. The Balaban J connectivity index is 1.85. The molecule has 1 N–H and O–H groups in total. The van der Waals surface area contributed by atoms with Crippen molar-refractivity contribution < 1.29 is 9.00 Å². The fraction of sp³-hybridized carbons (Fsp3) is 0.267. The van der Waals surface area contributed by atoms with Crippen LogP contribution >= 0.6 is 22.9 Å². The molecule has 0 spiro atoms. The van der Waals surface area contributed by atoms with Crippen molar-refractivity contribution in [1.29, 1.82) is 0 Å². The van der Waals surface area contributed by atoms with E-state index in [1.165, 1.54) is 11.3 Å². The summed E-state index contributed by atoms with van der Waals surface area (Å²) in [5, 5.41) is 2.27. The summed E-state index contributed by atoms with van der Waals surface area (Å²) >= 11 is 7.24. The number of rotatable bonds is 6. The van der Waals surface area contributed by atoms with Gasteiger partial charge in [-0.15, -0.1) is 11.3 Å². The monoisotopic (exact) mass is 341 g/mol. The van der Waals surface area contributed by atoms with E-state index in [4.69, 9.17) is 11.6 Å². The Morgan fingerprint density at radius 2 is 2.00 bits per heavy atom. The summed E-state index contributed by atoms with van der Waals surface area (Å²) in [6.07, 6.45) is 0. The molecule has 0 aliphatic heterocycles. The molecule has 1 heterocycles. The Morgan fingerprint density at radius 1 is 1.29 bits per heavy atom. The predicted molar refractivity (Wildman–Crippen MR) is 88.9 cm³/mol. The molecule has 6 heteroatoms. The maximum atomic E-state index is 12.2. The molecule has 0 bridgehead atoms. The average Bonchev–Trinajstić information content (AvgIpc) is 2.90. The van der Waals surface area contributed by atoms with Crippen LogP contribution in [0.3, 0.4) is 0 Å². The molecule has 112 valence electrons. The highest BCUT2D eigenvalue weighted by Gasteiger charge is 2.20. The van der Waals surface area contributed by atoms with Gasteiger partial charge >= 0.3 is 0 Å². The van der Waals surface area contributed by atoms with E-state index in [0.29, 0.717) is 16.6 Å². The van der Waals surface area contributed by atoms with E-state index >= 15 is 0 Å². The van der Waals surface area contributed by atoms with E-state index in [2.05, 4.69) is 5.32 Å². The van der Waals surface area contributed by atoms with Crippen LogP contribution in [0.5, 0.6) is 0 Å². The number of nitrogens with one attached hydrogen (secondary N) is 1. The zero-order chi connectivity index (χ0) is 15.2. The standard InChI is InChI=1S/C15H16ClNO2S2/c1-11(21(19)10-13-7-8-14(16)20-13)15(18)17-9-12-5-3-2-4-6-12/h2-8,11H,9-10H2,1H3,(H,17,18)/t11-,21+/m0/s1. The van der Waals surface area contributed by atoms with Crippen molar-refractivity contribution in [2.45, 2.75) is 24.5 Å². The number of amides is 1. The van der Waals surface area contributed by atoms with Gasteiger partial charge in [0, 0.05) is 22.2 Å². The first-order chi connectivity index (χ1) is 10.1. The van der Waals surface area contributed by atoms with Crippen molar-refractivity contribution in [2.75, 3.05) is 0 Å². The van der Waals surface area contributed by atoms with Gasteiger partial charge in [0.1, 0.15) is 5.25 Å². The molecular weight excluding hydrogens is 326 g/mol. The maximum Gasteiger partial charge on any atom is 0.235 e. The second-order valence-corrected chi connectivity index (χ2v) is 8.13. The van der Waals surface area contributed by atoms with Crippen LogP contribution in [-0.4, -0.2) is 15.4 Å². The molecule has 0 aliphatic rings. The van der Waals surface area contributed by atoms with Gasteiger partial charge in [-0.05, 0) is 24.6 Å². The third-order valence-corrected chi connectivity index (χ3v) is 6.00. The van der Waals surface area contributed by atoms with Crippen LogP contribution in [0, 0.1) is 0 Å². The average molecular weight is 342 g/mol. The molecule has 1 aromatic heterocycles. The van der Waals surface area contributed by atoms with Crippen LogP contribution in [0.4, 0.5) is 0 Å². The molecule has 0 saturated carbocycles. The second kappa shape index (κ2) is 7.73. The summed E-state index contributed by atoms with van der Waals surface area (Å²) in [5.74, 6) is 0.164. The van der Waals surface area contributed by atoms with Crippen LogP contribution in [0.15, 0.2) is 42.5 Å². The SMILES string of the molecule is C[C@@H](C(=O)NCc1ccccc1)[S@](=O)Cc1ccc(Cl)s1. The van der Waals surface area contributed by atoms with Gasteiger partial charge in [-0.2, -0.15) is 0 Å². The highest BCUT2D eigenvalue weighted by Crippen LogP contribution is 2.23. The first-order valence-corrected chi connectivity index (χ1v) is 9.07. The number of carbonyl (C=O) groups is 1. The first-order valence-electron chi connectivity index (χ1n) is 6.49. The number of hydrogen-bond acceptors (Lipinski definition) is 3. The lowest BCUT2D eigenvalue weighted by Gasteiger charge is -2.11. The van der Waals surface area contributed by atoms with Crippen LogP contribution < -0.4 is 5.32 Å². The van der Waals surface area contributed by atoms with Crippen LogP contribution in [0.25, 0.3) is 0 Å². The number of benzene rings is 1. The molecule has 2 rings (SSSR count). The van der Waals surface area contributed by atoms with Crippen LogP contribution in [0.2, 0.25) is 4.34 Å². The zero-order valence-electron chi connectivity index (χ0n) is 11.5. The van der Waals surface area contributed by atoms with Crippen LogP contribution in [-0.2, 0) is 27.9 Å². The molecule has 1 amide bonds. The molecular formula is C15H16ClNO2S2. The minimum atomic E-state index is -1.25. The summed E-state index contributed by atoms with van der Waals surface area (Å²) in [6, 6.07) is 13.3. The van der Waals surface area contributed by atoms with Crippen molar-refractivity contribution in [3.05, 3.63) is 57.2 Å². The summed E-state index contributed by atoms with van der Waals surface area (Å²) < 4.78 is 12.9. The van der Waals surface area contributed by atoms with Crippen molar-refractivity contribution in [2.24, 2.45) is 0 Å². The summed E-state index contributed by atoms with van der Waals surface area (Å²) in [6.45, 7) is 2.14. The maximum absolute atomic E-state index is 12.2. The normalized spacial score (nSPS) is 13.6. The molecule has 0 unspecified atom stereocenters. The van der Waals surface area contributed by atoms with E-state index in [9.17, 15) is 9.00 Å². The molecule has 0 aliphatic carbocycles. The Kier molecular flexibility index (Phi) is 5.96. The van der Waals surface area contributed by atoms with Gasteiger partial charge in [-0.1, -0.05) is 41.9 Å². The second-order valence-electron chi connectivity index (χ2n) is 4.58. The quantitative estimate of drug-likeness (QED) is 0.875. The lowest BCUT2D eigenvalue weighted by atomic mass is 10.2. The van der Waals surface area contributed by atoms with Crippen molar-refractivity contribution in [1.82, 2.24) is 5.32 Å². The fourth-order valence-electron chi connectivity index (χ4n) is 1.74. The Hall–Kier alpha value is -1.17. The van der Waals surface area contributed by atoms with Crippen molar-refractivity contribution in [3.63, 3.8) is 0 Å². The number of thiophene rings is 1. The fourth-order valence-corrected chi connectivity index (χ4v) is 4.16. The van der Waals surface area contributed by atoms with Crippen molar-refractivity contribution >= 4 is 39.6 Å². The summed E-state index contributed by atoms with van der Waals surface area (Å²) in [4.78, 5) is 13.0. The predicted octanol–water partition coefficient (Wildman–Crippen LogP) is 3.36. The molecule has 0 radical (unpaired) electrons. The number of carbonyl (C=O) groups excluding carboxylic acids is 1. The Morgan fingerprint density at radius 3 is 2.62 bits per heavy atom. The highest BCUT2D eigenvalue weighted by molar-refractivity contribution is 7.85. The van der Waals surface area contributed by atoms with Gasteiger partial charge in [0.25, 0.3) is 0 Å². The third kappa shape index (κ3) is 4.95. The van der Waals surface area contributed by atoms with Gasteiger partial charge in [0.05, 0.1) is 10.1 Å². The van der Waals surface area contributed by atoms with E-state index in [0.717, 1.165) is 10.4 Å². The highest BCUT2D eigenvalue weighted by atomic mass is 35.5. The molecule has 2 atom stereocenters. The molecule has 3 nitrogen and oxygen atoms in total. The topological polar surface area (TPSA) is 46.2 Å². The Labute approximate surface area is 135 Å². The third-order valence-electron chi connectivity index (χ3n) is 2.99. The molecule has 21 heavy (non-hydrogen) atoms. The number of hydrogen-bond donors (Lipinski definition) is 1. The summed E-state index contributed by atoms with van der Waals surface area (Å²) in [5.41, 5.74) is 1.02. The van der Waals surface area contributed by atoms with Gasteiger partial charge in [-0.3, -0.25) is 9.00 Å². The minimum absolute atomic E-state index is 0.195. The van der Waals surface area contributed by atoms with Gasteiger partial charge in [-0.25, -0.2) is 0 Å². The Bertz CT molecular complexity index is 628. The molecule has 1 aromatic carbocycles. The van der Waals surface area contributed by atoms with Crippen molar-refractivity contribution in [3.8, 4) is 0 Å². The summed E-state index contributed by atoms with van der Waals surface area (Å²) in [7, 11) is -1.25. The van der Waals surface area contributed by atoms with Gasteiger partial charge < -0.3 is 5.32 Å². The van der Waals surface area contributed by atoms with E-state index < -0.39 is 16.0 Å². The lowest BCUT2D eigenvalue weighted by Crippen LogP contribution is -2.35. The zero-order valence-corrected chi connectivity index (χ0v) is 13.9. The molecule has 0 fully saturated rings. The first kappa shape index (κ1) is 16.2. The lowest BCUT2D eigenvalue weighted by molar-refractivity contribution is -0.120. The van der Waals surface area contributed by atoms with E-state index in [-0.39, 0.29) is 5.91 Å². The minimum Gasteiger partial charge on any atom is -0.351 e. The molecule has 2 aromatic rings.